The Morgan fingerprint density at radius 1 is 0.600 bits per heavy atom. The SMILES string of the molecule is C[Si](C)(C)[Si](Cc1ccccc1)([Si](C)(C)C)[Si](C)(C)C. The second kappa shape index (κ2) is 5.70. The summed E-state index contributed by atoms with van der Waals surface area (Å²) in [7, 11) is -3.38. The van der Waals surface area contributed by atoms with Crippen LogP contribution in [0.3, 0.4) is 0 Å². The van der Waals surface area contributed by atoms with E-state index in [1.54, 1.807) is 5.56 Å². The second-order valence-corrected chi connectivity index (χ2v) is 50.7. The van der Waals surface area contributed by atoms with Gasteiger partial charge in [-0.2, -0.15) is 0 Å². The van der Waals surface area contributed by atoms with Crippen molar-refractivity contribution in [1.82, 2.24) is 0 Å². The molecule has 0 aliphatic rings. The predicted molar refractivity (Wildman–Crippen MR) is 106 cm³/mol. The lowest BCUT2D eigenvalue weighted by molar-refractivity contribution is 1.36. The first-order valence-corrected chi connectivity index (χ1v) is 23.6. The van der Waals surface area contributed by atoms with E-state index in [9.17, 15) is 0 Å². The Kier molecular flexibility index (Phi) is 5.17. The summed E-state index contributed by atoms with van der Waals surface area (Å²) in [5.41, 5.74) is 1.62. The minimum absolute atomic E-state index is 1.13. The van der Waals surface area contributed by atoms with Gasteiger partial charge >= 0.3 is 0 Å². The molecule has 114 valence electrons. The van der Waals surface area contributed by atoms with Crippen molar-refractivity contribution in [2.75, 3.05) is 0 Å². The monoisotopic (exact) mass is 338 g/mol. The van der Waals surface area contributed by atoms with Crippen LogP contribution in [0.15, 0.2) is 30.3 Å². The van der Waals surface area contributed by atoms with E-state index >= 15 is 0 Å². The number of benzene rings is 1. The zero-order valence-electron chi connectivity index (χ0n) is 15.1. The lowest BCUT2D eigenvalue weighted by Gasteiger charge is -2.57. The van der Waals surface area contributed by atoms with Gasteiger partial charge in [-0.25, -0.2) is 0 Å². The molecule has 1 rings (SSSR count). The van der Waals surface area contributed by atoms with E-state index in [-0.39, 0.29) is 0 Å². The minimum atomic E-state index is -1.22. The summed E-state index contributed by atoms with van der Waals surface area (Å²) in [5, 5.41) is 0. The van der Waals surface area contributed by atoms with Crippen LogP contribution in [0.25, 0.3) is 0 Å². The summed E-state index contributed by atoms with van der Waals surface area (Å²) in [5.74, 6) is 0. The Morgan fingerprint density at radius 3 is 1.25 bits per heavy atom. The van der Waals surface area contributed by atoms with Gasteiger partial charge in [0.25, 0.3) is 0 Å². The van der Waals surface area contributed by atoms with Crippen LogP contribution in [0.2, 0.25) is 58.9 Å². The fourth-order valence-corrected chi connectivity index (χ4v) is 102. The molecule has 0 atom stereocenters. The zero-order valence-corrected chi connectivity index (χ0v) is 19.1. The lowest BCUT2D eigenvalue weighted by Crippen LogP contribution is -2.84. The fourth-order valence-electron chi connectivity index (χ4n) is 5.07. The Labute approximate surface area is 130 Å². The van der Waals surface area contributed by atoms with E-state index in [1.807, 2.05) is 0 Å². The minimum Gasteiger partial charge on any atom is -0.0718 e. The van der Waals surface area contributed by atoms with Crippen molar-refractivity contribution in [3.63, 3.8) is 0 Å². The summed E-state index contributed by atoms with van der Waals surface area (Å²) >= 11 is 0. The molecule has 0 heterocycles. The van der Waals surface area contributed by atoms with Crippen molar-refractivity contribution < 1.29 is 0 Å². The van der Waals surface area contributed by atoms with Gasteiger partial charge in [-0.3, -0.25) is 0 Å². The first-order chi connectivity index (χ1) is 8.83. The fraction of sp³-hybridized carbons (Fsp3) is 0.625. The van der Waals surface area contributed by atoms with Gasteiger partial charge in [0.2, 0.25) is 0 Å². The maximum absolute atomic E-state index is 2.68. The molecule has 0 bridgehead atoms. The summed E-state index contributed by atoms with van der Waals surface area (Å²) in [6.07, 6.45) is 0. The molecule has 0 nitrogen and oxygen atoms in total. The molecule has 20 heavy (non-hydrogen) atoms. The molecule has 0 unspecified atom stereocenters. The normalized spacial score (nSPS) is 14.4. The molecule has 0 fully saturated rings. The van der Waals surface area contributed by atoms with Gasteiger partial charge in [-0.1, -0.05) is 94.8 Å². The Bertz CT molecular complexity index is 396. The third kappa shape index (κ3) is 3.29. The summed E-state index contributed by atoms with van der Waals surface area (Å²) < 4.78 is 0. The highest BCUT2D eigenvalue weighted by molar-refractivity contribution is 7.89. The maximum atomic E-state index is 2.68. The Morgan fingerprint density at radius 2 is 0.950 bits per heavy atom. The van der Waals surface area contributed by atoms with Crippen molar-refractivity contribution in [3.8, 4) is 0 Å². The molecule has 0 saturated heterocycles. The van der Waals surface area contributed by atoms with Gasteiger partial charge in [0.1, 0.15) is 0 Å². The summed E-state index contributed by atoms with van der Waals surface area (Å²) in [6, 6.07) is 12.8. The van der Waals surface area contributed by atoms with Gasteiger partial charge in [0.15, 0.2) is 0 Å². The van der Waals surface area contributed by atoms with Crippen LogP contribution in [-0.4, -0.2) is 29.4 Å². The molecule has 4 heteroatoms. The van der Waals surface area contributed by atoms with Gasteiger partial charge in [-0.05, 0) is 6.04 Å². The van der Waals surface area contributed by atoms with E-state index in [4.69, 9.17) is 0 Å². The van der Waals surface area contributed by atoms with Crippen LogP contribution >= 0.6 is 0 Å². The molecule has 0 saturated carbocycles. The highest BCUT2D eigenvalue weighted by atomic mass is 29.9. The van der Waals surface area contributed by atoms with Crippen molar-refractivity contribution in [3.05, 3.63) is 35.9 Å². The van der Waals surface area contributed by atoms with E-state index in [0.29, 0.717) is 0 Å². The van der Waals surface area contributed by atoms with Gasteiger partial charge < -0.3 is 0 Å². The maximum Gasteiger partial charge on any atom is 0.0420 e. The first kappa shape index (κ1) is 18.1. The third-order valence-corrected chi connectivity index (χ3v) is 78.9. The Balaban J connectivity index is 3.48. The van der Waals surface area contributed by atoms with Crippen LogP contribution in [0.5, 0.6) is 0 Å². The molecule has 0 aliphatic heterocycles. The summed E-state index contributed by atoms with van der Waals surface area (Å²) in [4.78, 5) is 0. The molecule has 0 amide bonds. The lowest BCUT2D eigenvalue weighted by atomic mass is 10.2. The largest absolute Gasteiger partial charge is 0.0718 e. The summed E-state index contributed by atoms with van der Waals surface area (Å²) in [6.45, 7) is 22.9. The van der Waals surface area contributed by atoms with Crippen molar-refractivity contribution in [2.45, 2.75) is 65.0 Å². The topological polar surface area (TPSA) is 0 Å². The van der Waals surface area contributed by atoms with Crippen LogP contribution in [0, 0.1) is 0 Å². The molecule has 1 aromatic carbocycles. The van der Waals surface area contributed by atoms with Crippen LogP contribution in [0.1, 0.15) is 5.56 Å². The van der Waals surface area contributed by atoms with E-state index in [2.05, 4.69) is 89.3 Å². The molecule has 0 N–H and O–H groups in total. The van der Waals surface area contributed by atoms with Crippen molar-refractivity contribution >= 4 is 29.4 Å². The molecular weight excluding hydrogens is 305 g/mol. The zero-order chi connectivity index (χ0) is 15.8. The third-order valence-electron chi connectivity index (χ3n) is 5.15. The van der Waals surface area contributed by atoms with Crippen LogP contribution < -0.4 is 0 Å². The predicted octanol–water partition coefficient (Wildman–Crippen LogP) is 5.47. The van der Waals surface area contributed by atoms with Crippen molar-refractivity contribution in [1.29, 1.82) is 0 Å². The number of hydrogen-bond donors (Lipinski definition) is 0. The molecule has 0 aliphatic carbocycles. The smallest absolute Gasteiger partial charge is 0.0420 e. The van der Waals surface area contributed by atoms with Gasteiger partial charge in [0, 0.05) is 29.4 Å². The molecule has 0 radical (unpaired) electrons. The first-order valence-electron chi connectivity index (χ1n) is 7.87. The van der Waals surface area contributed by atoms with Gasteiger partial charge in [-0.15, -0.1) is 0 Å². The molecule has 0 spiro atoms. The quantitative estimate of drug-likeness (QED) is 0.625. The van der Waals surface area contributed by atoms with E-state index < -0.39 is 29.4 Å². The van der Waals surface area contributed by atoms with Gasteiger partial charge in [0.05, 0.1) is 0 Å². The van der Waals surface area contributed by atoms with Crippen LogP contribution in [-0.2, 0) is 6.04 Å². The average Bonchev–Trinajstić information content (AvgIpc) is 2.22. The molecular formula is C16H34Si4. The van der Waals surface area contributed by atoms with Crippen LogP contribution in [0.4, 0.5) is 0 Å². The highest BCUT2D eigenvalue weighted by Crippen LogP contribution is 2.39. The average molecular weight is 339 g/mol. The standard InChI is InChI=1S/C16H34Si4/c1-17(2,3)20(18(4,5)6,19(7,8)9)15-16-13-11-10-12-14-16/h10-14H,15H2,1-9H3. The Hall–Kier alpha value is 0.0875. The number of hydrogen-bond acceptors (Lipinski definition) is 0. The highest BCUT2D eigenvalue weighted by Gasteiger charge is 2.60. The molecule has 1 aromatic rings. The number of rotatable bonds is 5. The second-order valence-electron chi connectivity index (χ2n) is 9.32. The van der Waals surface area contributed by atoms with E-state index in [1.165, 1.54) is 6.04 Å². The molecule has 0 aromatic heterocycles. The van der Waals surface area contributed by atoms with Crippen molar-refractivity contribution in [2.24, 2.45) is 0 Å². The van der Waals surface area contributed by atoms with E-state index in [0.717, 1.165) is 0 Å².